The molecule has 7 heteroatoms. The maximum atomic E-state index is 12.7. The van der Waals surface area contributed by atoms with E-state index in [1.807, 2.05) is 6.07 Å². The zero-order valence-electron chi connectivity index (χ0n) is 19.2. The lowest BCUT2D eigenvalue weighted by atomic mass is 9.95. The van der Waals surface area contributed by atoms with Gasteiger partial charge in [-0.3, -0.25) is 4.79 Å². The predicted molar refractivity (Wildman–Crippen MR) is 132 cm³/mol. The first-order chi connectivity index (χ1) is 15.3. The Morgan fingerprint density at radius 1 is 1.28 bits per heavy atom. The molecule has 3 aromatic rings. The highest BCUT2D eigenvalue weighted by Gasteiger charge is 2.31. The minimum Gasteiger partial charge on any atom is -0.370 e. The first-order valence-corrected chi connectivity index (χ1v) is 13.1. The molecule has 2 aromatic heterocycles. The summed E-state index contributed by atoms with van der Waals surface area (Å²) < 4.78 is 6.01. The Labute approximate surface area is 198 Å². The summed E-state index contributed by atoms with van der Waals surface area (Å²) in [6, 6.07) is 10.5. The van der Waals surface area contributed by atoms with Gasteiger partial charge in [-0.2, -0.15) is 0 Å². The smallest absolute Gasteiger partial charge is 0.230 e. The normalized spacial score (nSPS) is 16.0. The second-order valence-electron chi connectivity index (χ2n) is 8.99. The molecular weight excluding hydrogens is 438 g/mol. The van der Waals surface area contributed by atoms with Crippen LogP contribution in [0.1, 0.15) is 55.9 Å². The van der Waals surface area contributed by atoms with Gasteiger partial charge in [0.25, 0.3) is 0 Å². The summed E-state index contributed by atoms with van der Waals surface area (Å²) in [5, 5.41) is 5.19. The Bertz CT molecular complexity index is 1100. The summed E-state index contributed by atoms with van der Waals surface area (Å²) in [5.41, 5.74) is 2.40. The van der Waals surface area contributed by atoms with Gasteiger partial charge in [-0.05, 0) is 44.7 Å². The monoisotopic (exact) mass is 469 g/mol. The number of hydrogen-bond donors (Lipinski definition) is 1. The van der Waals surface area contributed by atoms with Crippen LogP contribution in [0.3, 0.4) is 0 Å². The van der Waals surface area contributed by atoms with Crippen LogP contribution in [-0.4, -0.2) is 33.3 Å². The third kappa shape index (κ3) is 5.50. The van der Waals surface area contributed by atoms with Crippen molar-refractivity contribution in [3.05, 3.63) is 52.2 Å². The average Bonchev–Trinajstić information content (AvgIpc) is 3.13. The van der Waals surface area contributed by atoms with Crippen molar-refractivity contribution in [1.82, 2.24) is 15.3 Å². The van der Waals surface area contributed by atoms with E-state index in [1.54, 1.807) is 11.3 Å². The Morgan fingerprint density at radius 2 is 2.06 bits per heavy atom. The molecule has 1 aromatic carbocycles. The quantitative estimate of drug-likeness (QED) is 0.357. The number of amides is 1. The molecule has 0 saturated heterocycles. The summed E-state index contributed by atoms with van der Waals surface area (Å²) in [5.74, 6) is 1.23. The molecule has 32 heavy (non-hydrogen) atoms. The van der Waals surface area contributed by atoms with Crippen LogP contribution in [-0.2, 0) is 35.4 Å². The molecule has 0 aliphatic carbocycles. The van der Waals surface area contributed by atoms with Crippen molar-refractivity contribution >= 4 is 39.2 Å². The highest BCUT2D eigenvalue weighted by molar-refractivity contribution is 8.00. The lowest BCUT2D eigenvalue weighted by molar-refractivity contribution is -0.119. The van der Waals surface area contributed by atoms with E-state index in [-0.39, 0.29) is 17.6 Å². The van der Waals surface area contributed by atoms with Crippen molar-refractivity contribution in [2.24, 2.45) is 0 Å². The van der Waals surface area contributed by atoms with E-state index in [0.29, 0.717) is 12.4 Å². The molecule has 170 valence electrons. The van der Waals surface area contributed by atoms with E-state index < -0.39 is 0 Å². The fourth-order valence-electron chi connectivity index (χ4n) is 3.97. The summed E-state index contributed by atoms with van der Waals surface area (Å²) >= 11 is 3.23. The van der Waals surface area contributed by atoms with Crippen molar-refractivity contribution in [1.29, 1.82) is 0 Å². The number of fused-ring (bicyclic) bond motifs is 3. The molecule has 5 nitrogen and oxygen atoms in total. The topological polar surface area (TPSA) is 64.1 Å². The van der Waals surface area contributed by atoms with Crippen LogP contribution in [0.2, 0.25) is 0 Å². The molecular formula is C25H31N3O2S2. The third-order valence-corrected chi connectivity index (χ3v) is 7.79. The number of hydrogen-bond acceptors (Lipinski definition) is 6. The van der Waals surface area contributed by atoms with E-state index in [9.17, 15) is 4.79 Å². The Hall–Kier alpha value is -1.96. The van der Waals surface area contributed by atoms with E-state index in [1.165, 1.54) is 27.8 Å². The molecule has 0 saturated carbocycles. The molecule has 0 bridgehead atoms. The van der Waals surface area contributed by atoms with Gasteiger partial charge in [0.1, 0.15) is 15.7 Å². The molecule has 4 rings (SSSR count). The molecule has 0 radical (unpaired) electrons. The second kappa shape index (κ2) is 9.89. The van der Waals surface area contributed by atoms with Crippen LogP contribution in [0, 0.1) is 0 Å². The lowest BCUT2D eigenvalue weighted by Crippen LogP contribution is -2.34. The van der Waals surface area contributed by atoms with Crippen LogP contribution in [0.15, 0.2) is 35.4 Å². The standard InChI is InChI=1S/C25H31N3O2S2/c1-5-20-27-23(22-18-13-25(3,4)30-14-19(18)32-24(22)28-20)31-15-21(29)26-16(2)11-12-17-9-7-6-8-10-17/h6-10,16H,5,11-15H2,1-4H3,(H,26,29). The average molecular weight is 470 g/mol. The summed E-state index contributed by atoms with van der Waals surface area (Å²) in [6.45, 7) is 9.00. The highest BCUT2D eigenvalue weighted by Crippen LogP contribution is 2.41. The summed E-state index contributed by atoms with van der Waals surface area (Å²) in [6.07, 6.45) is 3.50. The number of nitrogens with one attached hydrogen (secondary N) is 1. The first kappa shape index (κ1) is 23.2. The van der Waals surface area contributed by atoms with Gasteiger partial charge in [0.05, 0.1) is 18.0 Å². The molecule has 1 aliphatic rings. The van der Waals surface area contributed by atoms with Gasteiger partial charge in [0.15, 0.2) is 0 Å². The van der Waals surface area contributed by atoms with Gasteiger partial charge in [0, 0.05) is 29.1 Å². The molecule has 1 unspecified atom stereocenters. The molecule has 1 atom stereocenters. The maximum Gasteiger partial charge on any atom is 0.230 e. The van der Waals surface area contributed by atoms with E-state index in [2.05, 4.69) is 57.3 Å². The van der Waals surface area contributed by atoms with Crippen LogP contribution >= 0.6 is 23.1 Å². The maximum absolute atomic E-state index is 12.7. The van der Waals surface area contributed by atoms with Gasteiger partial charge in [0.2, 0.25) is 5.91 Å². The lowest BCUT2D eigenvalue weighted by Gasteiger charge is -2.30. The van der Waals surface area contributed by atoms with Crippen molar-refractivity contribution in [2.45, 2.75) is 76.7 Å². The molecule has 1 N–H and O–H groups in total. The van der Waals surface area contributed by atoms with E-state index in [0.717, 1.165) is 46.8 Å². The molecule has 0 spiro atoms. The van der Waals surface area contributed by atoms with Crippen molar-refractivity contribution < 1.29 is 9.53 Å². The largest absolute Gasteiger partial charge is 0.370 e. The summed E-state index contributed by atoms with van der Waals surface area (Å²) in [7, 11) is 0. The number of benzene rings is 1. The van der Waals surface area contributed by atoms with Gasteiger partial charge >= 0.3 is 0 Å². The van der Waals surface area contributed by atoms with Crippen molar-refractivity contribution in [2.75, 3.05) is 5.75 Å². The van der Waals surface area contributed by atoms with Crippen LogP contribution < -0.4 is 5.32 Å². The molecule has 1 amide bonds. The van der Waals surface area contributed by atoms with E-state index >= 15 is 0 Å². The zero-order valence-corrected chi connectivity index (χ0v) is 20.9. The Morgan fingerprint density at radius 3 is 2.81 bits per heavy atom. The first-order valence-electron chi connectivity index (χ1n) is 11.3. The number of aryl methyl sites for hydroxylation is 2. The van der Waals surface area contributed by atoms with Crippen LogP contribution in [0.5, 0.6) is 0 Å². The van der Waals surface area contributed by atoms with Crippen LogP contribution in [0.4, 0.5) is 0 Å². The molecule has 1 aliphatic heterocycles. The predicted octanol–water partition coefficient (Wildman–Crippen LogP) is 5.33. The van der Waals surface area contributed by atoms with Crippen molar-refractivity contribution in [3.8, 4) is 0 Å². The third-order valence-electron chi connectivity index (χ3n) is 5.72. The number of carbonyl (C=O) groups is 1. The Kier molecular flexibility index (Phi) is 7.17. The number of carbonyl (C=O) groups excluding carboxylic acids is 1. The van der Waals surface area contributed by atoms with Gasteiger partial charge in [-0.1, -0.05) is 49.0 Å². The summed E-state index contributed by atoms with van der Waals surface area (Å²) in [4.78, 5) is 24.5. The van der Waals surface area contributed by atoms with E-state index in [4.69, 9.17) is 14.7 Å². The number of nitrogens with zero attached hydrogens (tertiary/aromatic N) is 2. The second-order valence-corrected chi connectivity index (χ2v) is 11.0. The number of aromatic nitrogens is 2. The van der Waals surface area contributed by atoms with Gasteiger partial charge in [-0.25, -0.2) is 9.97 Å². The van der Waals surface area contributed by atoms with Crippen LogP contribution in [0.25, 0.3) is 10.2 Å². The SMILES string of the molecule is CCc1nc(SCC(=O)NC(C)CCc2ccccc2)c2c3c(sc2n1)COC(C)(C)C3. The Balaban J connectivity index is 1.44. The van der Waals surface area contributed by atoms with Crippen molar-refractivity contribution in [3.63, 3.8) is 0 Å². The fraction of sp³-hybridized carbons (Fsp3) is 0.480. The number of ether oxygens (including phenoxy) is 1. The molecule has 0 fully saturated rings. The van der Waals surface area contributed by atoms with Gasteiger partial charge < -0.3 is 10.1 Å². The minimum absolute atomic E-state index is 0.0492. The zero-order chi connectivity index (χ0) is 22.7. The fourth-order valence-corrected chi connectivity index (χ4v) is 6.04. The number of thioether (sulfide) groups is 1. The number of thiophene rings is 1. The number of rotatable bonds is 8. The highest BCUT2D eigenvalue weighted by atomic mass is 32.2. The minimum atomic E-state index is -0.196. The molecule has 3 heterocycles. The van der Waals surface area contributed by atoms with Gasteiger partial charge in [-0.15, -0.1) is 11.3 Å².